The molecule has 152 valence electrons. The molecule has 3 N–H and O–H groups in total. The van der Waals surface area contributed by atoms with E-state index < -0.39 is 11.2 Å². The molecule has 0 spiro atoms. The van der Waals surface area contributed by atoms with Crippen molar-refractivity contribution in [3.05, 3.63) is 53.9 Å². The molecule has 2 atom stereocenters. The predicted molar refractivity (Wildman–Crippen MR) is 112 cm³/mol. The minimum absolute atomic E-state index is 0.00683. The average Bonchev–Trinajstić information content (AvgIpc) is 2.72. The van der Waals surface area contributed by atoms with Gasteiger partial charge in [0.25, 0.3) is 0 Å². The van der Waals surface area contributed by atoms with Gasteiger partial charge in [-0.1, -0.05) is 12.1 Å². The number of likely N-dealkylation sites (tertiary alicyclic amines) is 1. The Bertz CT molecular complexity index is 950. The molecule has 0 saturated carbocycles. The van der Waals surface area contributed by atoms with Gasteiger partial charge in [0.1, 0.15) is 18.2 Å². The topological polar surface area (TPSA) is 110 Å². The van der Waals surface area contributed by atoms with Gasteiger partial charge in [-0.15, -0.1) is 0 Å². The largest absolute Gasteiger partial charge is 0.491 e. The van der Waals surface area contributed by atoms with Gasteiger partial charge in [0.15, 0.2) is 0 Å². The number of hydrogen-bond donors (Lipinski definition) is 2. The lowest BCUT2D eigenvalue weighted by Crippen LogP contribution is -2.47. The summed E-state index contributed by atoms with van der Waals surface area (Å²) < 4.78 is 24.4. The van der Waals surface area contributed by atoms with Crippen LogP contribution in [0, 0.1) is 0 Å². The molecule has 2 unspecified atom stereocenters. The maximum Gasteiger partial charge on any atom is 0.245 e. The van der Waals surface area contributed by atoms with Gasteiger partial charge in [-0.05, 0) is 43.0 Å². The lowest BCUT2D eigenvalue weighted by Gasteiger charge is -2.36. The second kappa shape index (κ2) is 8.60. The number of amides is 1. The van der Waals surface area contributed by atoms with Gasteiger partial charge in [0.2, 0.25) is 17.1 Å². The normalized spacial score (nSPS) is 21.0. The van der Waals surface area contributed by atoms with Crippen LogP contribution in [0.5, 0.6) is 5.75 Å². The predicted octanol–water partition coefficient (Wildman–Crippen LogP) is 1.79. The molecule has 0 bridgehead atoms. The van der Waals surface area contributed by atoms with Crippen LogP contribution in [-0.2, 0) is 22.4 Å². The summed E-state index contributed by atoms with van der Waals surface area (Å²) in [6, 6.07) is 9.14. The number of anilines is 1. The summed E-state index contributed by atoms with van der Waals surface area (Å²) in [7, 11) is 0. The molecule has 2 aliphatic rings. The van der Waals surface area contributed by atoms with E-state index in [1.165, 1.54) is 0 Å². The maximum absolute atomic E-state index is 12.9. The van der Waals surface area contributed by atoms with Gasteiger partial charge in [0, 0.05) is 18.9 Å². The monoisotopic (exact) mass is 413 g/mol. The lowest BCUT2D eigenvalue weighted by atomic mass is 10.0. The molecule has 1 aromatic carbocycles. The first-order valence-electron chi connectivity index (χ1n) is 9.59. The Labute approximate surface area is 171 Å². The van der Waals surface area contributed by atoms with E-state index in [4.69, 9.17) is 10.5 Å². The Morgan fingerprint density at radius 2 is 2.21 bits per heavy atom. The highest BCUT2D eigenvalue weighted by molar-refractivity contribution is 7.85. The molecule has 4 rings (SSSR count). The Morgan fingerprint density at radius 3 is 3.03 bits per heavy atom. The number of carbonyl (C=O) groups excluding carboxylic acids is 1. The molecule has 2 aromatic rings. The van der Waals surface area contributed by atoms with Crippen molar-refractivity contribution < 1.29 is 13.7 Å². The van der Waals surface area contributed by atoms with Crippen molar-refractivity contribution in [2.45, 2.75) is 31.7 Å². The summed E-state index contributed by atoms with van der Waals surface area (Å²) in [5, 5.41) is 0. The van der Waals surface area contributed by atoms with Crippen molar-refractivity contribution in [3.63, 3.8) is 0 Å². The number of pyridine rings is 1. The number of fused-ring (bicyclic) bond motifs is 1. The second-order valence-corrected chi connectivity index (χ2v) is 7.98. The van der Waals surface area contributed by atoms with E-state index in [9.17, 15) is 9.00 Å². The van der Waals surface area contributed by atoms with E-state index in [0.717, 1.165) is 31.4 Å². The zero-order valence-electron chi connectivity index (χ0n) is 15.9. The fourth-order valence-corrected chi connectivity index (χ4v) is 4.39. The molecule has 29 heavy (non-hydrogen) atoms. The third kappa shape index (κ3) is 4.40. The van der Waals surface area contributed by atoms with E-state index in [1.54, 1.807) is 18.5 Å². The lowest BCUT2D eigenvalue weighted by molar-refractivity contribution is -0.134. The molecule has 8 nitrogen and oxygen atoms in total. The number of carbonyl (C=O) groups is 1. The SMILES string of the molecule is NC1=NS(=O)Nc2cccc(OCC3CCCCN3C(=O)Cc3cccnc3)c21. The number of rotatable bonds is 5. The minimum Gasteiger partial charge on any atom is -0.491 e. The quantitative estimate of drug-likeness (QED) is 0.777. The molecule has 9 heteroatoms. The number of benzene rings is 1. The zero-order chi connectivity index (χ0) is 20.2. The average molecular weight is 414 g/mol. The van der Waals surface area contributed by atoms with Crippen molar-refractivity contribution in [1.82, 2.24) is 9.88 Å². The molecule has 3 heterocycles. The van der Waals surface area contributed by atoms with Crippen molar-refractivity contribution in [1.29, 1.82) is 0 Å². The standard InChI is InChI=1S/C20H23N5O3S/c21-20-19-16(23-29(27)24-20)7-3-8-17(19)28-13-15-6-1-2-10-25(15)18(26)11-14-5-4-9-22-12-14/h3-5,7-9,12,15,23H,1-2,6,10-11,13H2,(H2,21,24). The molecule has 1 saturated heterocycles. The fraction of sp³-hybridized carbons (Fsp3) is 0.350. The van der Waals surface area contributed by atoms with E-state index in [0.29, 0.717) is 30.0 Å². The molecule has 2 aliphatic heterocycles. The maximum atomic E-state index is 12.9. The number of aromatic nitrogens is 1. The molecular weight excluding hydrogens is 390 g/mol. The Kier molecular flexibility index (Phi) is 5.75. The smallest absolute Gasteiger partial charge is 0.245 e. The summed E-state index contributed by atoms with van der Waals surface area (Å²) in [6.45, 7) is 1.09. The van der Waals surface area contributed by atoms with Crippen molar-refractivity contribution in [2.24, 2.45) is 10.1 Å². The zero-order valence-corrected chi connectivity index (χ0v) is 16.7. The number of ether oxygens (including phenoxy) is 1. The van der Waals surface area contributed by atoms with Crippen molar-refractivity contribution in [3.8, 4) is 5.75 Å². The number of nitrogens with two attached hydrogens (primary N) is 1. The Hall–Kier alpha value is -2.94. The summed E-state index contributed by atoms with van der Waals surface area (Å²) in [4.78, 5) is 18.9. The van der Waals surface area contributed by atoms with Crippen LogP contribution in [0.4, 0.5) is 5.69 Å². The molecule has 0 radical (unpaired) electrons. The van der Waals surface area contributed by atoms with E-state index in [2.05, 4.69) is 14.1 Å². The number of nitrogens with one attached hydrogen (secondary N) is 1. The summed E-state index contributed by atoms with van der Waals surface area (Å²) in [6.07, 6.45) is 6.70. The van der Waals surface area contributed by atoms with Gasteiger partial charge < -0.3 is 15.4 Å². The third-order valence-electron chi connectivity index (χ3n) is 5.12. The number of nitrogens with zero attached hydrogens (tertiary/aromatic N) is 3. The molecule has 1 amide bonds. The van der Waals surface area contributed by atoms with Crippen molar-refractivity contribution >= 4 is 28.6 Å². The molecule has 1 aromatic heterocycles. The van der Waals surface area contributed by atoms with Crippen molar-refractivity contribution in [2.75, 3.05) is 17.9 Å². The van der Waals surface area contributed by atoms with Crippen LogP contribution in [-0.4, -0.2) is 45.0 Å². The molecular formula is C20H23N5O3S. The van der Waals surface area contributed by atoms with E-state index >= 15 is 0 Å². The van der Waals surface area contributed by atoms with Gasteiger partial charge in [-0.2, -0.15) is 4.40 Å². The molecule has 0 aliphatic carbocycles. The van der Waals surface area contributed by atoms with Gasteiger partial charge in [-0.25, -0.2) is 4.21 Å². The van der Waals surface area contributed by atoms with Gasteiger partial charge >= 0.3 is 0 Å². The third-order valence-corrected chi connectivity index (χ3v) is 5.87. The summed E-state index contributed by atoms with van der Waals surface area (Å²) >= 11 is -1.58. The molecule has 1 fully saturated rings. The summed E-state index contributed by atoms with van der Waals surface area (Å²) in [5.74, 6) is 0.832. The Balaban J connectivity index is 1.46. The van der Waals surface area contributed by atoms with Crippen LogP contribution >= 0.6 is 0 Å². The van der Waals surface area contributed by atoms with Crippen LogP contribution in [0.15, 0.2) is 47.1 Å². The highest BCUT2D eigenvalue weighted by Gasteiger charge is 2.28. The first-order chi connectivity index (χ1) is 14.1. The van der Waals surface area contributed by atoms with E-state index in [-0.39, 0.29) is 17.8 Å². The summed E-state index contributed by atoms with van der Waals surface area (Å²) in [5.41, 5.74) is 8.11. The number of piperidine rings is 1. The second-order valence-electron chi connectivity index (χ2n) is 7.09. The number of hydrogen-bond acceptors (Lipinski definition) is 5. The first kappa shape index (κ1) is 19.4. The Morgan fingerprint density at radius 1 is 1.31 bits per heavy atom. The minimum atomic E-state index is -1.58. The van der Waals surface area contributed by atoms with Gasteiger partial charge in [-0.3, -0.25) is 14.5 Å². The van der Waals surface area contributed by atoms with Crippen LogP contribution in [0.3, 0.4) is 0 Å². The van der Waals surface area contributed by atoms with Crippen LogP contribution in [0.2, 0.25) is 0 Å². The highest BCUT2D eigenvalue weighted by atomic mass is 32.2. The van der Waals surface area contributed by atoms with Crippen LogP contribution in [0.1, 0.15) is 30.4 Å². The van der Waals surface area contributed by atoms with Crippen LogP contribution < -0.4 is 15.2 Å². The fourth-order valence-electron chi connectivity index (χ4n) is 3.72. The number of amidine groups is 1. The first-order valence-corrected chi connectivity index (χ1v) is 10.7. The van der Waals surface area contributed by atoms with Gasteiger partial charge in [0.05, 0.1) is 23.7 Å². The van der Waals surface area contributed by atoms with Crippen LogP contribution in [0.25, 0.3) is 0 Å². The highest BCUT2D eigenvalue weighted by Crippen LogP contribution is 2.30. The van der Waals surface area contributed by atoms with E-state index in [1.807, 2.05) is 29.2 Å².